The van der Waals surface area contributed by atoms with Crippen molar-refractivity contribution in [3.05, 3.63) is 78.0 Å². The highest BCUT2D eigenvalue weighted by Gasteiger charge is 2.18. The molecular formula is C24H22FN5O3. The second-order valence-electron chi connectivity index (χ2n) is 7.33. The number of hydrogen-bond acceptors (Lipinski definition) is 5. The minimum Gasteiger partial charge on any atom is -0.453 e. The Labute approximate surface area is 189 Å². The summed E-state index contributed by atoms with van der Waals surface area (Å²) in [4.78, 5) is 34.9. The molecule has 0 radical (unpaired) electrons. The quantitative estimate of drug-likeness (QED) is 0.485. The summed E-state index contributed by atoms with van der Waals surface area (Å²) in [7, 11) is 2.93. The Morgan fingerprint density at radius 2 is 1.88 bits per heavy atom. The first kappa shape index (κ1) is 21.9. The second-order valence-corrected chi connectivity index (χ2v) is 7.33. The van der Waals surface area contributed by atoms with E-state index in [2.05, 4.69) is 20.0 Å². The van der Waals surface area contributed by atoms with Gasteiger partial charge < -0.3 is 9.64 Å². The highest BCUT2D eigenvalue weighted by Crippen LogP contribution is 2.25. The molecule has 9 heteroatoms. The van der Waals surface area contributed by atoms with Crippen LogP contribution in [0.3, 0.4) is 0 Å². The van der Waals surface area contributed by atoms with Gasteiger partial charge in [0, 0.05) is 30.7 Å². The maximum Gasteiger partial charge on any atom is 0.412 e. The van der Waals surface area contributed by atoms with Gasteiger partial charge in [0.05, 0.1) is 24.6 Å². The van der Waals surface area contributed by atoms with Crippen LogP contribution in [0.1, 0.15) is 22.8 Å². The molecule has 0 bridgehead atoms. The van der Waals surface area contributed by atoms with Gasteiger partial charge in [-0.15, -0.1) is 0 Å². The highest BCUT2D eigenvalue weighted by molar-refractivity contribution is 6.06. The van der Waals surface area contributed by atoms with Crippen LogP contribution in [0.4, 0.5) is 20.7 Å². The Morgan fingerprint density at radius 1 is 1.12 bits per heavy atom. The normalized spacial score (nSPS) is 10.8. The Balaban J connectivity index is 1.72. The maximum atomic E-state index is 13.3. The van der Waals surface area contributed by atoms with E-state index in [1.165, 1.54) is 24.1 Å². The molecule has 2 amide bonds. The molecular weight excluding hydrogens is 425 g/mol. The van der Waals surface area contributed by atoms with Crippen LogP contribution in [0.2, 0.25) is 0 Å². The number of halogens is 1. The van der Waals surface area contributed by atoms with Crippen LogP contribution in [-0.4, -0.2) is 40.5 Å². The summed E-state index contributed by atoms with van der Waals surface area (Å²) in [6.45, 7) is 2.00. The molecule has 1 N–H and O–H groups in total. The van der Waals surface area contributed by atoms with E-state index in [4.69, 9.17) is 0 Å². The lowest BCUT2D eigenvalue weighted by Crippen LogP contribution is -2.26. The minimum absolute atomic E-state index is 0.228. The molecule has 0 spiro atoms. The van der Waals surface area contributed by atoms with Crippen molar-refractivity contribution in [2.75, 3.05) is 24.4 Å². The highest BCUT2D eigenvalue weighted by atomic mass is 19.1. The van der Waals surface area contributed by atoms with Gasteiger partial charge in [-0.3, -0.25) is 14.5 Å². The molecule has 0 aliphatic heterocycles. The molecule has 3 heterocycles. The molecule has 168 valence electrons. The Bertz CT molecular complexity index is 1320. The summed E-state index contributed by atoms with van der Waals surface area (Å²) in [6.07, 6.45) is 5.14. The molecule has 0 atom stereocenters. The number of carbonyl (C=O) groups is 2. The van der Waals surface area contributed by atoms with Gasteiger partial charge in [0.15, 0.2) is 0 Å². The third-order valence-corrected chi connectivity index (χ3v) is 5.30. The average Bonchev–Trinajstić information content (AvgIpc) is 3.27. The minimum atomic E-state index is -0.605. The number of hydrogen-bond donors (Lipinski definition) is 1. The van der Waals surface area contributed by atoms with Crippen LogP contribution in [0.25, 0.3) is 16.9 Å². The predicted octanol–water partition coefficient (Wildman–Crippen LogP) is 4.55. The van der Waals surface area contributed by atoms with Gasteiger partial charge in [-0.2, -0.15) is 0 Å². The largest absolute Gasteiger partial charge is 0.453 e. The SMILES string of the molecule is CCc1cc(C(=O)N(C)c2ccc(F)cc2)cn2c(-c3ccc(NC(=O)OC)nc3)cnc12. The third kappa shape index (κ3) is 4.38. The summed E-state index contributed by atoms with van der Waals surface area (Å²) >= 11 is 0. The van der Waals surface area contributed by atoms with E-state index < -0.39 is 6.09 Å². The number of carbonyl (C=O) groups excluding carboxylic acids is 2. The van der Waals surface area contributed by atoms with Crippen LogP contribution >= 0.6 is 0 Å². The van der Waals surface area contributed by atoms with Crippen LogP contribution in [0.15, 0.2) is 61.1 Å². The van der Waals surface area contributed by atoms with E-state index in [1.54, 1.807) is 49.9 Å². The number of benzene rings is 1. The van der Waals surface area contributed by atoms with Crippen LogP contribution in [0, 0.1) is 5.82 Å². The Hall–Kier alpha value is -4.27. The van der Waals surface area contributed by atoms with Gasteiger partial charge in [0.25, 0.3) is 5.91 Å². The lowest BCUT2D eigenvalue weighted by molar-refractivity contribution is 0.0992. The summed E-state index contributed by atoms with van der Waals surface area (Å²) in [6, 6.07) is 11.0. The lowest BCUT2D eigenvalue weighted by atomic mass is 10.1. The number of aromatic nitrogens is 3. The van der Waals surface area contributed by atoms with E-state index in [-0.39, 0.29) is 11.7 Å². The van der Waals surface area contributed by atoms with E-state index >= 15 is 0 Å². The van der Waals surface area contributed by atoms with Gasteiger partial charge in [-0.25, -0.2) is 19.2 Å². The van der Waals surface area contributed by atoms with Crippen molar-refractivity contribution in [2.45, 2.75) is 13.3 Å². The zero-order valence-corrected chi connectivity index (χ0v) is 18.4. The van der Waals surface area contributed by atoms with Crippen molar-refractivity contribution in [1.29, 1.82) is 0 Å². The van der Waals surface area contributed by atoms with E-state index in [1.807, 2.05) is 17.4 Å². The molecule has 0 fully saturated rings. The van der Waals surface area contributed by atoms with Gasteiger partial charge >= 0.3 is 6.09 Å². The topological polar surface area (TPSA) is 88.8 Å². The number of methoxy groups -OCH3 is 1. The fourth-order valence-corrected chi connectivity index (χ4v) is 3.50. The van der Waals surface area contributed by atoms with Crippen molar-refractivity contribution >= 4 is 29.2 Å². The number of anilines is 2. The van der Waals surface area contributed by atoms with Crippen molar-refractivity contribution in [2.24, 2.45) is 0 Å². The third-order valence-electron chi connectivity index (χ3n) is 5.30. The number of rotatable bonds is 5. The van der Waals surface area contributed by atoms with Crippen LogP contribution in [0.5, 0.6) is 0 Å². The number of aryl methyl sites for hydroxylation is 1. The summed E-state index contributed by atoms with van der Waals surface area (Å²) in [5.74, 6) is -0.238. The van der Waals surface area contributed by atoms with E-state index in [9.17, 15) is 14.0 Å². The lowest BCUT2D eigenvalue weighted by Gasteiger charge is -2.18. The summed E-state index contributed by atoms with van der Waals surface area (Å²) in [5.41, 5.74) is 4.22. The molecule has 0 aliphatic carbocycles. The first-order chi connectivity index (χ1) is 15.9. The van der Waals surface area contributed by atoms with Crippen LogP contribution < -0.4 is 10.2 Å². The van der Waals surface area contributed by atoms with E-state index in [0.29, 0.717) is 23.5 Å². The molecule has 0 saturated carbocycles. The molecule has 4 rings (SSSR count). The van der Waals surface area contributed by atoms with Gasteiger partial charge in [0.1, 0.15) is 17.3 Å². The average molecular weight is 447 g/mol. The molecule has 4 aromatic rings. The van der Waals surface area contributed by atoms with Gasteiger partial charge in [0.2, 0.25) is 0 Å². The number of fused-ring (bicyclic) bond motifs is 1. The Morgan fingerprint density at radius 3 is 2.52 bits per heavy atom. The maximum absolute atomic E-state index is 13.3. The zero-order chi connectivity index (χ0) is 23.5. The van der Waals surface area contributed by atoms with Gasteiger partial charge in [-0.1, -0.05) is 6.92 Å². The first-order valence-corrected chi connectivity index (χ1v) is 10.3. The molecule has 0 unspecified atom stereocenters. The molecule has 0 aliphatic rings. The first-order valence-electron chi connectivity index (χ1n) is 10.3. The standard InChI is InChI=1S/C24H22FN5O3/c1-4-15-11-17(23(31)29(2)19-8-6-18(25)7-9-19)14-30-20(13-27-22(15)30)16-5-10-21(26-12-16)28-24(32)33-3/h5-14H,4H2,1-3H3,(H,26,28,32). The smallest absolute Gasteiger partial charge is 0.412 e. The molecule has 8 nitrogen and oxygen atoms in total. The van der Waals surface area contributed by atoms with Crippen molar-refractivity contribution in [1.82, 2.24) is 14.4 Å². The second kappa shape index (κ2) is 9.07. The number of nitrogens with one attached hydrogen (secondary N) is 1. The number of nitrogens with zero attached hydrogens (tertiary/aromatic N) is 4. The number of imidazole rings is 1. The number of pyridine rings is 2. The molecule has 1 aromatic carbocycles. The summed E-state index contributed by atoms with van der Waals surface area (Å²) in [5, 5.41) is 2.51. The fraction of sp³-hybridized carbons (Fsp3) is 0.167. The van der Waals surface area contributed by atoms with Crippen molar-refractivity contribution in [3.8, 4) is 11.3 Å². The number of amides is 2. The number of ether oxygens (including phenoxy) is 1. The zero-order valence-electron chi connectivity index (χ0n) is 18.4. The summed E-state index contributed by atoms with van der Waals surface area (Å²) < 4.78 is 19.7. The Kier molecular flexibility index (Phi) is 6.03. The monoisotopic (exact) mass is 447 g/mol. The van der Waals surface area contributed by atoms with Gasteiger partial charge in [-0.05, 0) is 54.4 Å². The van der Waals surface area contributed by atoms with E-state index in [0.717, 1.165) is 22.5 Å². The predicted molar refractivity (Wildman–Crippen MR) is 123 cm³/mol. The fourth-order valence-electron chi connectivity index (χ4n) is 3.50. The van der Waals surface area contributed by atoms with Crippen molar-refractivity contribution < 1.29 is 18.7 Å². The molecule has 0 saturated heterocycles. The molecule has 3 aromatic heterocycles. The van der Waals surface area contributed by atoms with Crippen LogP contribution in [-0.2, 0) is 11.2 Å². The van der Waals surface area contributed by atoms with Crippen molar-refractivity contribution in [3.63, 3.8) is 0 Å². The molecule has 33 heavy (non-hydrogen) atoms.